The highest BCUT2D eigenvalue weighted by Gasteiger charge is 2.50. The second kappa shape index (κ2) is 17.9. The number of sulfonamides is 1. The molecule has 3 saturated heterocycles. The number of likely N-dealkylation sites (tertiary alicyclic amines) is 1. The molecule has 17 nitrogen and oxygen atoms in total. The Bertz CT molecular complexity index is 2850. The fraction of sp³-hybridized carbons (Fsp3) is 0.480. The number of pyridine rings is 1. The number of nitrogens with one attached hydrogen (secondary N) is 3. The number of nitrogens with zero attached hydrogens (tertiary/aromatic N) is 5. The van der Waals surface area contributed by atoms with Gasteiger partial charge in [0.05, 0.1) is 53.5 Å². The molecular weight excluding hydrogens is 889 g/mol. The van der Waals surface area contributed by atoms with Gasteiger partial charge in [-0.15, -0.1) is 0 Å². The van der Waals surface area contributed by atoms with Crippen molar-refractivity contribution in [2.75, 3.05) is 74.3 Å². The van der Waals surface area contributed by atoms with E-state index < -0.39 is 43.6 Å². The summed E-state index contributed by atoms with van der Waals surface area (Å²) in [6.45, 7) is 9.46. The van der Waals surface area contributed by atoms with Gasteiger partial charge in [0.15, 0.2) is 11.4 Å². The zero-order chi connectivity index (χ0) is 46.7. The molecule has 1 saturated carbocycles. The van der Waals surface area contributed by atoms with E-state index in [9.17, 15) is 23.3 Å². The number of rotatable bonds is 10. The lowest BCUT2D eigenvalue weighted by molar-refractivity contribution is -0.384. The van der Waals surface area contributed by atoms with Crippen LogP contribution >= 0.6 is 0 Å². The topological polar surface area (TPSA) is 194 Å². The fourth-order valence-electron chi connectivity index (χ4n) is 11.6. The third kappa shape index (κ3) is 8.28. The Morgan fingerprint density at radius 2 is 1.78 bits per heavy atom. The number of carbonyl (C=O) groups excluding carboxylic acids is 1. The number of piperidine rings is 1. The fourth-order valence-corrected chi connectivity index (χ4v) is 12.6. The van der Waals surface area contributed by atoms with Crippen molar-refractivity contribution >= 4 is 55.4 Å². The molecule has 68 heavy (non-hydrogen) atoms. The average molecular weight is 947 g/mol. The van der Waals surface area contributed by atoms with Crippen LogP contribution in [0.2, 0.25) is 0 Å². The second-order valence-corrected chi connectivity index (χ2v) is 21.2. The molecule has 3 aromatic carbocycles. The number of nitro groups is 1. The summed E-state index contributed by atoms with van der Waals surface area (Å²) in [5.41, 5.74) is 5.61. The monoisotopic (exact) mass is 946 g/mol. The van der Waals surface area contributed by atoms with Gasteiger partial charge in [-0.2, -0.15) is 4.98 Å². The van der Waals surface area contributed by atoms with Crippen molar-refractivity contribution in [1.29, 1.82) is 0 Å². The number of fused-ring (bicyclic) bond motifs is 3. The Kier molecular flexibility index (Phi) is 11.7. The van der Waals surface area contributed by atoms with E-state index >= 15 is 0 Å². The molecule has 18 heteroatoms. The van der Waals surface area contributed by atoms with Gasteiger partial charge in [-0.1, -0.05) is 38.1 Å². The number of anilines is 4. The van der Waals surface area contributed by atoms with Gasteiger partial charge in [0, 0.05) is 61.1 Å². The Labute approximate surface area is 395 Å². The number of H-pyrrole nitrogens is 1. The number of hydrogen-bond acceptors (Lipinski definition) is 14. The first-order chi connectivity index (χ1) is 32.9. The first-order valence-electron chi connectivity index (χ1n) is 24.0. The van der Waals surface area contributed by atoms with Crippen LogP contribution in [-0.4, -0.2) is 112 Å². The largest absolute Gasteiger partial charge is 0.489 e. The standard InChI is InChI=1S/C50H58N8O9S/c1-31(2)36-7-3-4-8-37(36)40-9-5-16-56(40)34-27-50(28-34)13-18-55(19-14-50)33-10-11-38(41(24-33)57-17-6-20-66-49-43(57)23-32-12-15-51-47(32)53-49)48(59)54-68(62,63)35-25-42(58(60)61)46-44(26-35)67-29-39(52-46)45-30-64-21-22-65-45/h3-4,7-8,10-12,15,23-26,31,34,39-40,45,52H,5-6,9,13-14,16-22,27-30H2,1-2H3,(H,51,53)(H,54,59)/t39-,40+,45-/m1/s1. The van der Waals surface area contributed by atoms with Crippen molar-refractivity contribution in [3.63, 3.8) is 0 Å². The third-order valence-electron chi connectivity index (χ3n) is 15.1. The number of hydrogen-bond donors (Lipinski definition) is 3. The van der Waals surface area contributed by atoms with Gasteiger partial charge in [-0.3, -0.25) is 19.8 Å². The molecule has 1 aliphatic carbocycles. The molecule has 5 aromatic rings. The highest BCUT2D eigenvalue weighted by atomic mass is 32.2. The van der Waals surface area contributed by atoms with Crippen LogP contribution in [-0.2, 0) is 19.5 Å². The number of benzene rings is 3. The maximum atomic E-state index is 14.5. The Morgan fingerprint density at radius 1 is 0.941 bits per heavy atom. The van der Waals surface area contributed by atoms with Crippen molar-refractivity contribution in [3.8, 4) is 11.6 Å². The predicted molar refractivity (Wildman–Crippen MR) is 257 cm³/mol. The zero-order valence-electron chi connectivity index (χ0n) is 38.4. The van der Waals surface area contributed by atoms with Gasteiger partial charge in [0.2, 0.25) is 5.88 Å². The van der Waals surface area contributed by atoms with Gasteiger partial charge in [0.25, 0.3) is 21.6 Å². The number of aromatic nitrogens is 2. The van der Waals surface area contributed by atoms with E-state index in [1.54, 1.807) is 12.3 Å². The lowest BCUT2D eigenvalue weighted by Gasteiger charge is -2.56. The summed E-state index contributed by atoms with van der Waals surface area (Å²) >= 11 is 0. The lowest BCUT2D eigenvalue weighted by atomic mass is 9.59. The van der Waals surface area contributed by atoms with Gasteiger partial charge in [-0.25, -0.2) is 13.1 Å². The van der Waals surface area contributed by atoms with Crippen molar-refractivity contribution in [2.45, 2.75) is 93.8 Å². The molecule has 0 bridgehead atoms. The van der Waals surface area contributed by atoms with Gasteiger partial charge < -0.3 is 39.0 Å². The van der Waals surface area contributed by atoms with Crippen molar-refractivity contribution < 1.29 is 37.1 Å². The van der Waals surface area contributed by atoms with Crippen LogP contribution < -0.4 is 29.3 Å². The number of aromatic amines is 1. The van der Waals surface area contributed by atoms with E-state index in [0.29, 0.717) is 79.1 Å². The molecule has 1 amide bonds. The normalized spacial score (nSPS) is 23.0. The molecule has 358 valence electrons. The highest BCUT2D eigenvalue weighted by Crippen LogP contribution is 2.54. The third-order valence-corrected chi connectivity index (χ3v) is 16.5. The minimum absolute atomic E-state index is 0.0248. The summed E-state index contributed by atoms with van der Waals surface area (Å²) in [4.78, 5) is 40.9. The Hall–Kier alpha value is -5.95. The molecule has 6 aliphatic rings. The van der Waals surface area contributed by atoms with E-state index in [-0.39, 0.29) is 30.2 Å². The lowest BCUT2D eigenvalue weighted by Crippen LogP contribution is -2.55. The number of ether oxygens (including phenoxy) is 4. The molecule has 1 spiro atoms. The summed E-state index contributed by atoms with van der Waals surface area (Å²) in [7, 11) is -4.67. The SMILES string of the molecule is CC(C)c1ccccc1[C@@H]1CCCN1C1CC2(CCN(c3ccc(C(=O)NS(=O)(=O)c4cc5c(c([N+](=O)[O-])c4)N[C@@H]([C@H]4COCCO4)CO5)c(N4CCCOc5nc6[nH]ccc6cc54)c3)CC2)C1. The molecule has 7 heterocycles. The number of nitro benzene ring substituents is 1. The summed E-state index contributed by atoms with van der Waals surface area (Å²) in [5.74, 6) is -0.0292. The van der Waals surface area contributed by atoms with Gasteiger partial charge >= 0.3 is 0 Å². The summed E-state index contributed by atoms with van der Waals surface area (Å²) < 4.78 is 54.0. The first kappa shape index (κ1) is 44.5. The molecule has 4 fully saturated rings. The van der Waals surface area contributed by atoms with E-state index in [0.717, 1.165) is 49.6 Å². The first-order valence-corrected chi connectivity index (χ1v) is 25.5. The average Bonchev–Trinajstić information content (AvgIpc) is 3.97. The summed E-state index contributed by atoms with van der Waals surface area (Å²) in [6.07, 6.45) is 8.96. The van der Waals surface area contributed by atoms with E-state index in [2.05, 4.69) is 62.9 Å². The molecule has 0 unspecified atom stereocenters. The van der Waals surface area contributed by atoms with Crippen LogP contribution in [0.1, 0.15) is 92.2 Å². The number of carbonyl (C=O) groups is 1. The maximum Gasteiger partial charge on any atom is 0.297 e. The van der Waals surface area contributed by atoms with Crippen LogP contribution in [0.15, 0.2) is 77.8 Å². The molecule has 0 radical (unpaired) electrons. The molecule has 2 aromatic heterocycles. The number of amides is 1. The minimum atomic E-state index is -4.67. The Morgan fingerprint density at radius 3 is 2.57 bits per heavy atom. The predicted octanol–water partition coefficient (Wildman–Crippen LogP) is 7.81. The molecule has 5 aliphatic heterocycles. The highest BCUT2D eigenvalue weighted by molar-refractivity contribution is 7.90. The van der Waals surface area contributed by atoms with Gasteiger partial charge in [0.1, 0.15) is 24.0 Å². The zero-order valence-corrected chi connectivity index (χ0v) is 39.3. The van der Waals surface area contributed by atoms with Crippen LogP contribution in [0, 0.1) is 15.5 Å². The van der Waals surface area contributed by atoms with Crippen molar-refractivity contribution in [2.24, 2.45) is 5.41 Å². The van der Waals surface area contributed by atoms with E-state index in [4.69, 9.17) is 23.9 Å². The van der Waals surface area contributed by atoms with Crippen LogP contribution in [0.5, 0.6) is 11.6 Å². The molecular formula is C50H58N8O9S. The molecule has 11 rings (SSSR count). The second-order valence-electron chi connectivity index (χ2n) is 19.6. The molecule has 3 atom stereocenters. The minimum Gasteiger partial charge on any atom is -0.489 e. The molecule has 3 N–H and O–H groups in total. The maximum absolute atomic E-state index is 14.5. The quantitative estimate of drug-likeness (QED) is 0.0907. The van der Waals surface area contributed by atoms with Crippen LogP contribution in [0.4, 0.5) is 28.4 Å². The van der Waals surface area contributed by atoms with E-state index in [1.165, 1.54) is 42.9 Å². The van der Waals surface area contributed by atoms with Crippen molar-refractivity contribution in [1.82, 2.24) is 19.6 Å². The summed E-state index contributed by atoms with van der Waals surface area (Å²) in [6, 6.07) is 21.2. The van der Waals surface area contributed by atoms with Gasteiger partial charge in [-0.05, 0) is 104 Å². The van der Waals surface area contributed by atoms with E-state index in [1.807, 2.05) is 29.2 Å². The summed E-state index contributed by atoms with van der Waals surface area (Å²) in [5, 5.41) is 16.4. The van der Waals surface area contributed by atoms with Crippen LogP contribution in [0.3, 0.4) is 0 Å². The van der Waals surface area contributed by atoms with Crippen LogP contribution in [0.25, 0.3) is 11.0 Å². The van der Waals surface area contributed by atoms with Crippen molar-refractivity contribution in [3.05, 3.63) is 99.7 Å². The Balaban J connectivity index is 0.856. The smallest absolute Gasteiger partial charge is 0.297 e.